The number of carbonyl (C=O) groups excluding carboxylic acids is 2. The number of halogens is 1. The number of carbonyl (C=O) groups is 2. The Balaban J connectivity index is 0.00000676. The van der Waals surface area contributed by atoms with Crippen LogP contribution in [-0.4, -0.2) is 99.7 Å². The number of nitrogens with one attached hydrogen (secondary N) is 3. The molecule has 1 rings (SSSR count). The number of aliphatic imine (C=N–C) groups is 1. The SMILES string of the molecule is CCNC(=NCC(=O)NCCOC)N1CCN(CC(=O)NC(C)C)CC1.I. The molecule has 0 unspecified atom stereocenters. The fraction of sp³-hybridized carbons (Fsp3) is 0.824. The molecule has 0 spiro atoms. The minimum atomic E-state index is -0.124. The smallest absolute Gasteiger partial charge is 0.241 e. The number of nitrogens with zero attached hydrogens (tertiary/aromatic N) is 3. The first-order valence-electron chi connectivity index (χ1n) is 9.26. The molecular formula is C17H35IN6O3. The van der Waals surface area contributed by atoms with E-state index < -0.39 is 0 Å². The molecular weight excluding hydrogens is 463 g/mol. The van der Waals surface area contributed by atoms with Crippen molar-refractivity contribution in [2.45, 2.75) is 26.8 Å². The molecule has 0 aromatic carbocycles. The topological polar surface area (TPSA) is 98.3 Å². The van der Waals surface area contributed by atoms with Crippen molar-refractivity contribution in [2.75, 3.05) is 66.1 Å². The quantitative estimate of drug-likeness (QED) is 0.171. The number of guanidine groups is 1. The van der Waals surface area contributed by atoms with Crippen molar-refractivity contribution in [3.05, 3.63) is 0 Å². The molecule has 0 aliphatic carbocycles. The lowest BCUT2D eigenvalue weighted by molar-refractivity contribution is -0.123. The molecule has 0 radical (unpaired) electrons. The Bertz CT molecular complexity index is 468. The van der Waals surface area contributed by atoms with Gasteiger partial charge in [0.15, 0.2) is 5.96 Å². The van der Waals surface area contributed by atoms with Crippen LogP contribution >= 0.6 is 24.0 Å². The first-order valence-corrected chi connectivity index (χ1v) is 9.26. The third kappa shape index (κ3) is 11.3. The maximum absolute atomic E-state index is 11.9. The largest absolute Gasteiger partial charge is 0.383 e. The number of hydrogen-bond donors (Lipinski definition) is 3. The van der Waals surface area contributed by atoms with E-state index in [4.69, 9.17) is 4.74 Å². The monoisotopic (exact) mass is 498 g/mol. The summed E-state index contributed by atoms with van der Waals surface area (Å²) in [5, 5.41) is 8.90. The number of hydrogen-bond acceptors (Lipinski definition) is 5. The molecule has 0 saturated carbocycles. The Morgan fingerprint density at radius 3 is 2.33 bits per heavy atom. The van der Waals surface area contributed by atoms with Gasteiger partial charge in [0, 0.05) is 52.4 Å². The molecule has 1 saturated heterocycles. The van der Waals surface area contributed by atoms with E-state index in [1.54, 1.807) is 7.11 Å². The Morgan fingerprint density at radius 1 is 1.11 bits per heavy atom. The molecule has 9 nitrogen and oxygen atoms in total. The van der Waals surface area contributed by atoms with E-state index in [0.29, 0.717) is 19.7 Å². The second kappa shape index (κ2) is 14.9. The molecule has 0 atom stereocenters. The van der Waals surface area contributed by atoms with Crippen molar-refractivity contribution in [3.8, 4) is 0 Å². The van der Waals surface area contributed by atoms with Gasteiger partial charge in [0.05, 0.1) is 13.2 Å². The van der Waals surface area contributed by atoms with Gasteiger partial charge in [-0.2, -0.15) is 0 Å². The first kappa shape index (κ1) is 25.9. The summed E-state index contributed by atoms with van der Waals surface area (Å²) < 4.78 is 4.91. The summed E-state index contributed by atoms with van der Waals surface area (Å²) >= 11 is 0. The van der Waals surface area contributed by atoms with Crippen LogP contribution in [0.15, 0.2) is 4.99 Å². The van der Waals surface area contributed by atoms with Crippen molar-refractivity contribution < 1.29 is 14.3 Å². The lowest BCUT2D eigenvalue weighted by Gasteiger charge is -2.36. The maximum atomic E-state index is 11.9. The van der Waals surface area contributed by atoms with E-state index in [9.17, 15) is 9.59 Å². The Hall–Kier alpha value is -1.14. The van der Waals surface area contributed by atoms with Gasteiger partial charge < -0.3 is 25.6 Å². The van der Waals surface area contributed by atoms with E-state index in [2.05, 4.69) is 30.7 Å². The van der Waals surface area contributed by atoms with Crippen LogP contribution < -0.4 is 16.0 Å². The Labute approximate surface area is 179 Å². The molecule has 2 amide bonds. The third-order valence-corrected chi connectivity index (χ3v) is 3.82. The van der Waals surface area contributed by atoms with Gasteiger partial charge in [0.2, 0.25) is 11.8 Å². The van der Waals surface area contributed by atoms with Crippen molar-refractivity contribution in [1.29, 1.82) is 0 Å². The summed E-state index contributed by atoms with van der Waals surface area (Å²) in [6.07, 6.45) is 0. The van der Waals surface area contributed by atoms with Gasteiger partial charge in [0.1, 0.15) is 6.54 Å². The van der Waals surface area contributed by atoms with Gasteiger partial charge in [-0.3, -0.25) is 14.5 Å². The van der Waals surface area contributed by atoms with E-state index in [1.807, 2.05) is 20.8 Å². The van der Waals surface area contributed by atoms with Crippen LogP contribution in [0.2, 0.25) is 0 Å². The van der Waals surface area contributed by atoms with E-state index in [1.165, 1.54) is 0 Å². The second-order valence-corrected chi connectivity index (χ2v) is 6.50. The van der Waals surface area contributed by atoms with Gasteiger partial charge in [0.25, 0.3) is 0 Å². The minimum absolute atomic E-state index is 0. The lowest BCUT2D eigenvalue weighted by atomic mass is 10.3. The van der Waals surface area contributed by atoms with E-state index in [-0.39, 0.29) is 48.4 Å². The molecule has 1 aliphatic rings. The number of ether oxygens (including phenoxy) is 1. The standard InChI is InChI=1S/C17H34N6O3.HI/c1-5-18-17(20-12-15(24)19-6-11-26-4)23-9-7-22(8-10-23)13-16(25)21-14(2)3;/h14H,5-13H2,1-4H3,(H,18,20)(H,19,24)(H,21,25);1H. The fourth-order valence-electron chi connectivity index (χ4n) is 2.61. The second-order valence-electron chi connectivity index (χ2n) is 6.50. The van der Waals surface area contributed by atoms with Crippen molar-refractivity contribution >= 4 is 41.8 Å². The molecule has 1 heterocycles. The van der Waals surface area contributed by atoms with E-state index in [0.717, 1.165) is 38.7 Å². The van der Waals surface area contributed by atoms with Crippen molar-refractivity contribution in [1.82, 2.24) is 25.8 Å². The zero-order valence-corrected chi connectivity index (χ0v) is 19.2. The molecule has 3 N–H and O–H groups in total. The molecule has 0 aromatic rings. The molecule has 158 valence electrons. The summed E-state index contributed by atoms with van der Waals surface area (Å²) in [5.74, 6) is 0.670. The van der Waals surface area contributed by atoms with Crippen LogP contribution in [0, 0.1) is 0 Å². The predicted molar refractivity (Wildman–Crippen MR) is 118 cm³/mol. The van der Waals surface area contributed by atoms with Gasteiger partial charge >= 0.3 is 0 Å². The van der Waals surface area contributed by atoms with Crippen LogP contribution in [0.5, 0.6) is 0 Å². The average Bonchev–Trinajstić information content (AvgIpc) is 2.59. The Morgan fingerprint density at radius 2 is 1.78 bits per heavy atom. The molecule has 27 heavy (non-hydrogen) atoms. The van der Waals surface area contributed by atoms with Gasteiger partial charge in [-0.25, -0.2) is 4.99 Å². The molecule has 0 bridgehead atoms. The van der Waals surface area contributed by atoms with Gasteiger partial charge in [-0.15, -0.1) is 24.0 Å². The number of methoxy groups -OCH3 is 1. The Kier molecular flexibility index (Phi) is 14.2. The van der Waals surface area contributed by atoms with Crippen LogP contribution in [0.4, 0.5) is 0 Å². The van der Waals surface area contributed by atoms with Crippen molar-refractivity contribution in [3.63, 3.8) is 0 Å². The lowest BCUT2D eigenvalue weighted by Crippen LogP contribution is -2.54. The molecule has 1 aliphatic heterocycles. The summed E-state index contributed by atoms with van der Waals surface area (Å²) in [7, 11) is 1.60. The highest BCUT2D eigenvalue weighted by Crippen LogP contribution is 2.02. The number of rotatable bonds is 9. The van der Waals surface area contributed by atoms with Crippen molar-refractivity contribution in [2.24, 2.45) is 4.99 Å². The fourth-order valence-corrected chi connectivity index (χ4v) is 2.61. The van der Waals surface area contributed by atoms with Gasteiger partial charge in [-0.1, -0.05) is 0 Å². The summed E-state index contributed by atoms with van der Waals surface area (Å²) in [6.45, 7) is 11.2. The summed E-state index contributed by atoms with van der Waals surface area (Å²) in [6, 6.07) is 0.159. The van der Waals surface area contributed by atoms with Crippen LogP contribution in [0.3, 0.4) is 0 Å². The normalized spacial score (nSPS) is 15.3. The van der Waals surface area contributed by atoms with Crippen LogP contribution in [-0.2, 0) is 14.3 Å². The number of piperazine rings is 1. The zero-order chi connectivity index (χ0) is 19.4. The van der Waals surface area contributed by atoms with Crippen LogP contribution in [0.1, 0.15) is 20.8 Å². The predicted octanol–water partition coefficient (Wildman–Crippen LogP) is -0.525. The summed E-state index contributed by atoms with van der Waals surface area (Å²) in [4.78, 5) is 32.4. The highest BCUT2D eigenvalue weighted by molar-refractivity contribution is 14.0. The summed E-state index contributed by atoms with van der Waals surface area (Å²) in [5.41, 5.74) is 0. The van der Waals surface area contributed by atoms with Crippen LogP contribution in [0.25, 0.3) is 0 Å². The first-order chi connectivity index (χ1) is 12.5. The van der Waals surface area contributed by atoms with E-state index >= 15 is 0 Å². The maximum Gasteiger partial charge on any atom is 0.241 e. The average molecular weight is 498 g/mol. The zero-order valence-electron chi connectivity index (χ0n) is 16.9. The van der Waals surface area contributed by atoms with Gasteiger partial charge in [-0.05, 0) is 20.8 Å². The minimum Gasteiger partial charge on any atom is -0.383 e. The molecule has 1 fully saturated rings. The molecule has 0 aromatic heterocycles. The molecule has 10 heteroatoms. The highest BCUT2D eigenvalue weighted by Gasteiger charge is 2.21. The number of amides is 2. The third-order valence-electron chi connectivity index (χ3n) is 3.82. The highest BCUT2D eigenvalue weighted by atomic mass is 127.